The van der Waals surface area contributed by atoms with Crippen LogP contribution in [0.2, 0.25) is 0 Å². The van der Waals surface area contributed by atoms with Gasteiger partial charge < -0.3 is 4.90 Å². The number of allylic oxidation sites excluding steroid dienone is 1. The van der Waals surface area contributed by atoms with Gasteiger partial charge in [0.2, 0.25) is 11.8 Å². The first-order chi connectivity index (χ1) is 7.20. The van der Waals surface area contributed by atoms with Crippen molar-refractivity contribution < 1.29 is 14.4 Å². The van der Waals surface area contributed by atoms with E-state index in [0.29, 0.717) is 5.57 Å². The molecule has 90 valence electrons. The van der Waals surface area contributed by atoms with Crippen LogP contribution in [-0.2, 0) is 14.4 Å². The molecule has 16 heavy (non-hydrogen) atoms. The van der Waals surface area contributed by atoms with Gasteiger partial charge in [-0.1, -0.05) is 0 Å². The molecule has 0 aromatic carbocycles. The van der Waals surface area contributed by atoms with E-state index in [9.17, 15) is 14.4 Å². The number of amides is 3. The summed E-state index contributed by atoms with van der Waals surface area (Å²) in [7, 11) is 3.15. The summed E-state index contributed by atoms with van der Waals surface area (Å²) in [6.07, 6.45) is 0. The van der Waals surface area contributed by atoms with Crippen LogP contribution < -0.4 is 0 Å². The summed E-state index contributed by atoms with van der Waals surface area (Å²) < 4.78 is 0. The van der Waals surface area contributed by atoms with Crippen LogP contribution in [0, 0.1) is 0 Å². The third-order valence-electron chi connectivity index (χ3n) is 1.94. The van der Waals surface area contributed by atoms with Crippen LogP contribution >= 0.6 is 0 Å². The Bertz CT molecular complexity index is 338. The first-order valence-corrected chi connectivity index (χ1v) is 4.90. The molecule has 3 amide bonds. The highest BCUT2D eigenvalue weighted by Crippen LogP contribution is 2.13. The van der Waals surface area contributed by atoms with Gasteiger partial charge in [-0.05, 0) is 19.4 Å². The third-order valence-corrected chi connectivity index (χ3v) is 1.94. The molecule has 0 radical (unpaired) electrons. The van der Waals surface area contributed by atoms with E-state index in [0.717, 1.165) is 4.90 Å². The Hall–Kier alpha value is -1.65. The molecule has 0 rings (SSSR count). The molecule has 5 heteroatoms. The largest absolute Gasteiger partial charge is 0.343 e. The Morgan fingerprint density at radius 1 is 0.812 bits per heavy atom. The lowest BCUT2D eigenvalue weighted by atomic mass is 10.2. The molecule has 0 fully saturated rings. The molecule has 0 aromatic rings. The van der Waals surface area contributed by atoms with E-state index < -0.39 is 11.8 Å². The first-order valence-electron chi connectivity index (χ1n) is 4.90. The van der Waals surface area contributed by atoms with Gasteiger partial charge in [0.05, 0.1) is 0 Å². The standard InChI is InChI=1S/C11H18N2O3/c1-7(2)10(11(16)12(5)6)13(8(3)14)9(4)15/h1-6H3. The number of likely N-dealkylation sites (N-methyl/N-ethyl adjacent to an activating group) is 1. The van der Waals surface area contributed by atoms with Crippen molar-refractivity contribution in [3.05, 3.63) is 11.3 Å². The highest BCUT2D eigenvalue weighted by Gasteiger charge is 2.26. The molecule has 0 spiro atoms. The van der Waals surface area contributed by atoms with Gasteiger partial charge in [0.25, 0.3) is 5.91 Å². The maximum atomic E-state index is 11.9. The summed E-state index contributed by atoms with van der Waals surface area (Å²) in [6, 6.07) is 0. The summed E-state index contributed by atoms with van der Waals surface area (Å²) in [6.45, 7) is 5.89. The van der Waals surface area contributed by atoms with Crippen molar-refractivity contribution in [3.8, 4) is 0 Å². The average molecular weight is 226 g/mol. The van der Waals surface area contributed by atoms with E-state index in [1.165, 1.54) is 18.7 Å². The van der Waals surface area contributed by atoms with Gasteiger partial charge in [-0.25, -0.2) is 4.90 Å². The number of hydrogen-bond acceptors (Lipinski definition) is 3. The van der Waals surface area contributed by atoms with Crippen LogP contribution in [0.5, 0.6) is 0 Å². The van der Waals surface area contributed by atoms with Gasteiger partial charge in [0.1, 0.15) is 5.70 Å². The van der Waals surface area contributed by atoms with Gasteiger partial charge >= 0.3 is 0 Å². The molecule has 0 aliphatic rings. The fourth-order valence-electron chi connectivity index (χ4n) is 1.28. The molecule has 0 unspecified atom stereocenters. The zero-order chi connectivity index (χ0) is 13.0. The zero-order valence-electron chi connectivity index (χ0n) is 10.6. The van der Waals surface area contributed by atoms with Crippen LogP contribution in [0.25, 0.3) is 0 Å². The van der Waals surface area contributed by atoms with E-state index in [4.69, 9.17) is 0 Å². The minimum Gasteiger partial charge on any atom is -0.343 e. The normalized spacial score (nSPS) is 9.38. The molecular formula is C11H18N2O3. The Kier molecular flexibility index (Phi) is 4.88. The third kappa shape index (κ3) is 3.18. The van der Waals surface area contributed by atoms with Crippen molar-refractivity contribution in [1.29, 1.82) is 0 Å². The second kappa shape index (κ2) is 5.44. The second-order valence-electron chi connectivity index (χ2n) is 3.92. The van der Waals surface area contributed by atoms with Crippen LogP contribution in [0.3, 0.4) is 0 Å². The molecule has 0 N–H and O–H groups in total. The molecule has 0 aliphatic heterocycles. The minimum absolute atomic E-state index is 0.130. The predicted molar refractivity (Wildman–Crippen MR) is 60.3 cm³/mol. The summed E-state index contributed by atoms with van der Waals surface area (Å²) in [5, 5.41) is 0. The Labute approximate surface area is 95.7 Å². The summed E-state index contributed by atoms with van der Waals surface area (Å²) >= 11 is 0. The van der Waals surface area contributed by atoms with Crippen LogP contribution in [-0.4, -0.2) is 41.6 Å². The molecule has 0 aromatic heterocycles. The van der Waals surface area contributed by atoms with Crippen LogP contribution in [0.1, 0.15) is 27.7 Å². The maximum absolute atomic E-state index is 11.9. The Morgan fingerprint density at radius 3 is 1.38 bits per heavy atom. The van der Waals surface area contributed by atoms with E-state index in [2.05, 4.69) is 0 Å². The molecule has 0 aliphatic carbocycles. The van der Waals surface area contributed by atoms with Crippen molar-refractivity contribution in [2.75, 3.05) is 14.1 Å². The zero-order valence-corrected chi connectivity index (χ0v) is 10.6. The van der Waals surface area contributed by atoms with Crippen LogP contribution in [0.15, 0.2) is 11.3 Å². The Morgan fingerprint density at radius 2 is 1.19 bits per heavy atom. The smallest absolute Gasteiger partial charge is 0.270 e. The molecule has 0 bridgehead atoms. The molecular weight excluding hydrogens is 208 g/mol. The number of hydrogen-bond donors (Lipinski definition) is 0. The van der Waals surface area contributed by atoms with Gasteiger partial charge in [-0.2, -0.15) is 0 Å². The molecule has 5 nitrogen and oxygen atoms in total. The molecule has 0 saturated heterocycles. The second-order valence-corrected chi connectivity index (χ2v) is 3.92. The maximum Gasteiger partial charge on any atom is 0.270 e. The topological polar surface area (TPSA) is 57.7 Å². The number of carbonyl (C=O) groups excluding carboxylic acids is 3. The molecule has 0 atom stereocenters. The monoisotopic (exact) mass is 226 g/mol. The number of carbonyl (C=O) groups is 3. The molecule has 0 saturated carbocycles. The van der Waals surface area contributed by atoms with Crippen LogP contribution in [0.4, 0.5) is 0 Å². The number of nitrogens with zero attached hydrogens (tertiary/aromatic N) is 2. The quantitative estimate of drug-likeness (QED) is 0.653. The number of rotatable bonds is 2. The predicted octanol–water partition coefficient (Wildman–Crippen LogP) is 0.764. The van der Waals surface area contributed by atoms with Crippen molar-refractivity contribution in [2.24, 2.45) is 0 Å². The summed E-state index contributed by atoms with van der Waals surface area (Å²) in [5.74, 6) is -1.27. The van der Waals surface area contributed by atoms with Gasteiger partial charge in [-0.15, -0.1) is 0 Å². The van der Waals surface area contributed by atoms with Gasteiger partial charge in [0, 0.05) is 27.9 Å². The average Bonchev–Trinajstić information content (AvgIpc) is 2.10. The first kappa shape index (κ1) is 14.3. The van der Waals surface area contributed by atoms with E-state index in [-0.39, 0.29) is 11.6 Å². The van der Waals surface area contributed by atoms with Gasteiger partial charge in [-0.3, -0.25) is 14.4 Å². The van der Waals surface area contributed by atoms with E-state index >= 15 is 0 Å². The van der Waals surface area contributed by atoms with Crippen molar-refractivity contribution in [1.82, 2.24) is 9.80 Å². The van der Waals surface area contributed by atoms with E-state index in [1.807, 2.05) is 0 Å². The molecule has 0 heterocycles. The minimum atomic E-state index is -0.459. The highest BCUT2D eigenvalue weighted by molar-refractivity contribution is 6.05. The van der Waals surface area contributed by atoms with Crippen molar-refractivity contribution in [2.45, 2.75) is 27.7 Å². The Balaban J connectivity index is 5.55. The lowest BCUT2D eigenvalue weighted by molar-refractivity contribution is -0.143. The fourth-order valence-corrected chi connectivity index (χ4v) is 1.28. The summed E-state index contributed by atoms with van der Waals surface area (Å²) in [5.41, 5.74) is 0.758. The van der Waals surface area contributed by atoms with Crippen molar-refractivity contribution >= 4 is 17.7 Å². The van der Waals surface area contributed by atoms with Crippen molar-refractivity contribution in [3.63, 3.8) is 0 Å². The fraction of sp³-hybridized carbons (Fsp3) is 0.545. The highest BCUT2D eigenvalue weighted by atomic mass is 16.2. The SMILES string of the molecule is CC(=O)N(C(C)=O)C(C(=O)N(C)C)=C(C)C. The lowest BCUT2D eigenvalue weighted by Crippen LogP contribution is -2.40. The number of imide groups is 1. The summed E-state index contributed by atoms with van der Waals surface area (Å²) in [4.78, 5) is 36.8. The van der Waals surface area contributed by atoms with E-state index in [1.54, 1.807) is 27.9 Å². The van der Waals surface area contributed by atoms with Gasteiger partial charge in [0.15, 0.2) is 0 Å². The lowest BCUT2D eigenvalue weighted by Gasteiger charge is -2.23.